The summed E-state index contributed by atoms with van der Waals surface area (Å²) in [7, 11) is 0. The van der Waals surface area contributed by atoms with Gasteiger partial charge in [-0.15, -0.1) is 0 Å². The number of fused-ring (bicyclic) bond motifs is 5. The van der Waals surface area contributed by atoms with E-state index in [4.69, 9.17) is 4.74 Å². The van der Waals surface area contributed by atoms with E-state index in [1.165, 1.54) is 135 Å². The third-order valence-electron chi connectivity index (χ3n) is 14.0. The minimum absolute atomic E-state index is 0.0638. The van der Waals surface area contributed by atoms with Crippen LogP contribution in [0, 0.1) is 46.3 Å². The number of esters is 1. The van der Waals surface area contributed by atoms with E-state index in [0.717, 1.165) is 54.8 Å². The summed E-state index contributed by atoms with van der Waals surface area (Å²) in [6.07, 6.45) is 35.4. The second-order valence-electron chi connectivity index (χ2n) is 17.6. The van der Waals surface area contributed by atoms with E-state index in [-0.39, 0.29) is 12.1 Å². The molecule has 3 fully saturated rings. The van der Waals surface area contributed by atoms with E-state index in [1.54, 1.807) is 5.57 Å². The molecule has 2 nitrogen and oxygen atoms in total. The number of ether oxygens (including phenoxy) is 1. The maximum atomic E-state index is 12.8. The van der Waals surface area contributed by atoms with Crippen LogP contribution in [0.3, 0.4) is 0 Å². The second kappa shape index (κ2) is 18.1. The number of hydrogen-bond donors (Lipinski definition) is 0. The molecule has 0 aromatic rings. The Balaban J connectivity index is 1.14. The van der Waals surface area contributed by atoms with Crippen molar-refractivity contribution in [3.8, 4) is 0 Å². The van der Waals surface area contributed by atoms with Gasteiger partial charge in [0.2, 0.25) is 0 Å². The van der Waals surface area contributed by atoms with Crippen LogP contribution in [-0.2, 0) is 9.53 Å². The first-order valence-electron chi connectivity index (χ1n) is 20.6. The van der Waals surface area contributed by atoms with Gasteiger partial charge in [0.1, 0.15) is 6.10 Å². The van der Waals surface area contributed by atoms with Gasteiger partial charge in [-0.05, 0) is 97.7 Å². The van der Waals surface area contributed by atoms with E-state index in [2.05, 4.69) is 47.6 Å². The minimum atomic E-state index is 0.0638. The zero-order valence-corrected chi connectivity index (χ0v) is 31.1. The number of unbranched alkanes of at least 4 members (excludes halogenated alkanes) is 12. The van der Waals surface area contributed by atoms with Crippen LogP contribution in [0.25, 0.3) is 0 Å². The third-order valence-corrected chi connectivity index (χ3v) is 14.0. The Hall–Kier alpha value is -0.790. The Labute approximate surface area is 281 Å². The number of rotatable bonds is 20. The van der Waals surface area contributed by atoms with Crippen molar-refractivity contribution in [2.45, 2.75) is 208 Å². The molecule has 2 heteroatoms. The molecule has 0 heterocycles. The van der Waals surface area contributed by atoms with E-state index in [1.807, 2.05) is 0 Å². The molecule has 4 rings (SSSR count). The van der Waals surface area contributed by atoms with Crippen molar-refractivity contribution in [3.63, 3.8) is 0 Å². The summed E-state index contributed by atoms with van der Waals surface area (Å²) in [5, 5.41) is 0. The smallest absolute Gasteiger partial charge is 0.306 e. The van der Waals surface area contributed by atoms with Crippen LogP contribution < -0.4 is 0 Å². The van der Waals surface area contributed by atoms with Gasteiger partial charge in [-0.1, -0.05) is 150 Å². The Morgan fingerprint density at radius 2 is 1.42 bits per heavy atom. The standard InChI is InChI=1S/C43H76O2/c1-7-8-9-10-11-12-13-14-15-16-17-18-19-23-41(44)45-36-28-30-42(5)35(32-36)24-25-37-39-27-26-38(34(4)22-20-21-33(2)3)43(39,6)31-29-40(37)42/h24,33-34,36-40H,7-23,25-32H2,1-6H3/t34-,36?,37?,38-,39+,40+,42?,43?/m1/s1. The van der Waals surface area contributed by atoms with Gasteiger partial charge >= 0.3 is 5.97 Å². The minimum Gasteiger partial charge on any atom is -0.462 e. The van der Waals surface area contributed by atoms with Gasteiger partial charge in [0.15, 0.2) is 0 Å². The lowest BCUT2D eigenvalue weighted by Gasteiger charge is -2.58. The largest absolute Gasteiger partial charge is 0.462 e. The highest BCUT2D eigenvalue weighted by molar-refractivity contribution is 5.69. The van der Waals surface area contributed by atoms with Crippen molar-refractivity contribution < 1.29 is 9.53 Å². The lowest BCUT2D eigenvalue weighted by atomic mass is 9.47. The molecular formula is C43H76O2. The fourth-order valence-corrected chi connectivity index (χ4v) is 11.3. The molecule has 0 aromatic carbocycles. The molecule has 3 saturated carbocycles. The van der Waals surface area contributed by atoms with E-state index >= 15 is 0 Å². The molecule has 45 heavy (non-hydrogen) atoms. The summed E-state index contributed by atoms with van der Waals surface area (Å²) in [5.74, 6) is 5.34. The average Bonchev–Trinajstić information content (AvgIpc) is 3.37. The van der Waals surface area contributed by atoms with Crippen LogP contribution >= 0.6 is 0 Å². The van der Waals surface area contributed by atoms with Gasteiger partial charge < -0.3 is 4.74 Å². The van der Waals surface area contributed by atoms with E-state index in [0.29, 0.717) is 17.3 Å². The molecule has 4 unspecified atom stereocenters. The Kier molecular flexibility index (Phi) is 14.9. The quantitative estimate of drug-likeness (QED) is 0.0765. The average molecular weight is 625 g/mol. The molecule has 0 saturated heterocycles. The van der Waals surface area contributed by atoms with Gasteiger partial charge in [-0.25, -0.2) is 0 Å². The van der Waals surface area contributed by atoms with E-state index < -0.39 is 0 Å². The van der Waals surface area contributed by atoms with Crippen molar-refractivity contribution in [3.05, 3.63) is 11.6 Å². The first kappa shape index (κ1) is 37.0. The molecule has 4 aliphatic carbocycles. The molecule has 0 amide bonds. The van der Waals surface area contributed by atoms with Crippen molar-refractivity contribution in [2.75, 3.05) is 0 Å². The highest BCUT2D eigenvalue weighted by Gasteiger charge is 2.59. The zero-order chi connectivity index (χ0) is 32.3. The van der Waals surface area contributed by atoms with Crippen molar-refractivity contribution in [1.29, 1.82) is 0 Å². The number of carbonyl (C=O) groups is 1. The zero-order valence-electron chi connectivity index (χ0n) is 31.1. The molecule has 4 aliphatic rings. The van der Waals surface area contributed by atoms with Gasteiger partial charge in [-0.2, -0.15) is 0 Å². The SMILES string of the molecule is CCCCCCCCCCCCCCCC(=O)OC1CCC2(C)C(=CCC3[C@@H]2CCC2(C)[C@@H]([C@H](C)CCCC(C)C)CC[C@@H]32)C1. The van der Waals surface area contributed by atoms with Crippen molar-refractivity contribution in [2.24, 2.45) is 46.3 Å². The lowest BCUT2D eigenvalue weighted by Crippen LogP contribution is -2.51. The summed E-state index contributed by atoms with van der Waals surface area (Å²) in [4.78, 5) is 12.8. The summed E-state index contributed by atoms with van der Waals surface area (Å²) >= 11 is 0. The number of carbonyl (C=O) groups excluding carboxylic acids is 1. The van der Waals surface area contributed by atoms with Crippen molar-refractivity contribution in [1.82, 2.24) is 0 Å². The van der Waals surface area contributed by atoms with Gasteiger partial charge in [0.05, 0.1) is 0 Å². The van der Waals surface area contributed by atoms with Crippen LogP contribution in [0.4, 0.5) is 0 Å². The van der Waals surface area contributed by atoms with Crippen molar-refractivity contribution >= 4 is 5.97 Å². The second-order valence-corrected chi connectivity index (χ2v) is 17.6. The van der Waals surface area contributed by atoms with Gasteiger partial charge in [0.25, 0.3) is 0 Å². The normalized spacial score (nSPS) is 33.3. The van der Waals surface area contributed by atoms with Crippen LogP contribution in [0.1, 0.15) is 202 Å². The predicted molar refractivity (Wildman–Crippen MR) is 193 cm³/mol. The summed E-state index contributed by atoms with van der Waals surface area (Å²) in [6.45, 7) is 14.9. The van der Waals surface area contributed by atoms with Gasteiger partial charge in [0, 0.05) is 12.8 Å². The van der Waals surface area contributed by atoms with E-state index in [9.17, 15) is 4.79 Å². The molecule has 0 N–H and O–H groups in total. The molecule has 0 bridgehead atoms. The Morgan fingerprint density at radius 1 is 0.778 bits per heavy atom. The predicted octanol–water partition coefficient (Wildman–Crippen LogP) is 13.4. The number of hydrogen-bond acceptors (Lipinski definition) is 2. The Bertz CT molecular complexity index is 904. The topological polar surface area (TPSA) is 26.3 Å². The summed E-state index contributed by atoms with van der Waals surface area (Å²) < 4.78 is 6.12. The maximum absolute atomic E-state index is 12.8. The third kappa shape index (κ3) is 9.87. The first-order chi connectivity index (χ1) is 21.7. The maximum Gasteiger partial charge on any atom is 0.306 e. The molecule has 8 atom stereocenters. The molecule has 260 valence electrons. The fourth-order valence-electron chi connectivity index (χ4n) is 11.3. The highest BCUT2D eigenvalue weighted by atomic mass is 16.5. The van der Waals surface area contributed by atoms with Crippen LogP contribution in [0.5, 0.6) is 0 Å². The first-order valence-corrected chi connectivity index (χ1v) is 20.6. The molecular weight excluding hydrogens is 548 g/mol. The Morgan fingerprint density at radius 3 is 2.07 bits per heavy atom. The van der Waals surface area contributed by atoms with Crippen LogP contribution in [0.15, 0.2) is 11.6 Å². The molecule has 0 radical (unpaired) electrons. The molecule has 0 spiro atoms. The fraction of sp³-hybridized carbons (Fsp3) is 0.930. The van der Waals surface area contributed by atoms with Crippen LogP contribution in [0.2, 0.25) is 0 Å². The monoisotopic (exact) mass is 625 g/mol. The molecule has 0 aromatic heterocycles. The van der Waals surface area contributed by atoms with Gasteiger partial charge in [-0.3, -0.25) is 4.79 Å². The van der Waals surface area contributed by atoms with Crippen LogP contribution in [-0.4, -0.2) is 12.1 Å². The molecule has 0 aliphatic heterocycles. The lowest BCUT2D eigenvalue weighted by molar-refractivity contribution is -0.151. The number of allylic oxidation sites excluding steroid dienone is 1. The summed E-state index contributed by atoms with van der Waals surface area (Å²) in [5.41, 5.74) is 2.54. The highest BCUT2D eigenvalue weighted by Crippen LogP contribution is 2.67. The summed E-state index contributed by atoms with van der Waals surface area (Å²) in [6, 6.07) is 0.